The molecule has 0 radical (unpaired) electrons. The molecule has 1 aliphatic rings. The van der Waals surface area contributed by atoms with Crippen LogP contribution in [0.15, 0.2) is 103 Å². The van der Waals surface area contributed by atoms with Crippen LogP contribution in [0.25, 0.3) is 33.1 Å². The minimum Gasteiger partial charge on any atom is -0.350 e. The SMILES string of the molecule is Cc1ccc2[nH]c(C(=O)NNC(=O)C(C)N3C(=O)c4ccccc4C3c3c(-c4ccccc4)n(C)c4ccccc34)cc2c1. The van der Waals surface area contributed by atoms with E-state index in [9.17, 15) is 14.4 Å². The molecule has 218 valence electrons. The van der Waals surface area contributed by atoms with Crippen LogP contribution in [0.5, 0.6) is 0 Å². The molecule has 2 atom stereocenters. The number of aryl methyl sites for hydroxylation is 2. The molecule has 8 nitrogen and oxygen atoms in total. The minimum atomic E-state index is -0.909. The average molecular weight is 582 g/mol. The number of fused-ring (bicyclic) bond motifs is 3. The maximum atomic E-state index is 14.1. The molecule has 6 aromatic rings. The normalized spacial score (nSPS) is 15.0. The van der Waals surface area contributed by atoms with Gasteiger partial charge in [0, 0.05) is 40.0 Å². The monoisotopic (exact) mass is 581 g/mol. The maximum absolute atomic E-state index is 14.1. The van der Waals surface area contributed by atoms with Crippen molar-refractivity contribution < 1.29 is 14.4 Å². The fourth-order valence-electron chi connectivity index (χ4n) is 6.47. The smallest absolute Gasteiger partial charge is 0.286 e. The van der Waals surface area contributed by atoms with E-state index in [0.29, 0.717) is 11.3 Å². The van der Waals surface area contributed by atoms with Gasteiger partial charge in [-0.2, -0.15) is 0 Å². The molecular formula is C36H31N5O3. The summed E-state index contributed by atoms with van der Waals surface area (Å²) in [5, 5.41) is 1.91. The Labute approximate surface area is 254 Å². The molecule has 7 rings (SSSR count). The quantitative estimate of drug-likeness (QED) is 0.217. The van der Waals surface area contributed by atoms with Crippen molar-refractivity contribution in [2.24, 2.45) is 7.05 Å². The molecule has 3 amide bonds. The van der Waals surface area contributed by atoms with Crippen LogP contribution in [-0.2, 0) is 11.8 Å². The molecular weight excluding hydrogens is 550 g/mol. The summed E-state index contributed by atoms with van der Waals surface area (Å²) < 4.78 is 2.15. The molecule has 3 N–H and O–H groups in total. The predicted octanol–water partition coefficient (Wildman–Crippen LogP) is 6.03. The summed E-state index contributed by atoms with van der Waals surface area (Å²) in [6.45, 7) is 3.68. The number of aromatic nitrogens is 2. The lowest BCUT2D eigenvalue weighted by atomic mass is 9.92. The van der Waals surface area contributed by atoms with Gasteiger partial charge in [0.15, 0.2) is 0 Å². The van der Waals surface area contributed by atoms with Crippen molar-refractivity contribution in [1.29, 1.82) is 0 Å². The highest BCUT2D eigenvalue weighted by Crippen LogP contribution is 2.47. The Morgan fingerprint density at radius 1 is 0.864 bits per heavy atom. The van der Waals surface area contributed by atoms with E-state index in [-0.39, 0.29) is 5.91 Å². The predicted molar refractivity (Wildman–Crippen MR) is 171 cm³/mol. The minimum absolute atomic E-state index is 0.238. The van der Waals surface area contributed by atoms with Gasteiger partial charge in [-0.25, -0.2) is 0 Å². The Bertz CT molecular complexity index is 2090. The van der Waals surface area contributed by atoms with Gasteiger partial charge < -0.3 is 14.5 Å². The van der Waals surface area contributed by atoms with Gasteiger partial charge in [-0.15, -0.1) is 0 Å². The first kappa shape index (κ1) is 27.2. The number of para-hydroxylation sites is 1. The van der Waals surface area contributed by atoms with Gasteiger partial charge in [-0.3, -0.25) is 25.2 Å². The van der Waals surface area contributed by atoms with Crippen LogP contribution in [0.1, 0.15) is 50.5 Å². The third kappa shape index (κ3) is 4.34. The lowest BCUT2D eigenvalue weighted by Gasteiger charge is -2.31. The van der Waals surface area contributed by atoms with E-state index in [2.05, 4.69) is 44.7 Å². The summed E-state index contributed by atoms with van der Waals surface area (Å²) in [5.41, 5.74) is 12.7. The fourth-order valence-corrected chi connectivity index (χ4v) is 6.47. The highest BCUT2D eigenvalue weighted by atomic mass is 16.2. The number of hydrogen-bond donors (Lipinski definition) is 3. The number of hydrogen-bond acceptors (Lipinski definition) is 3. The molecule has 0 bridgehead atoms. The summed E-state index contributed by atoms with van der Waals surface area (Å²) >= 11 is 0. The molecule has 0 fully saturated rings. The van der Waals surface area contributed by atoms with Crippen molar-refractivity contribution in [3.05, 3.63) is 131 Å². The molecule has 2 unspecified atom stereocenters. The topological polar surface area (TPSA) is 99.2 Å². The first-order valence-electron chi connectivity index (χ1n) is 14.6. The first-order chi connectivity index (χ1) is 21.3. The van der Waals surface area contributed by atoms with Crippen LogP contribution in [-0.4, -0.2) is 38.2 Å². The van der Waals surface area contributed by atoms with E-state index >= 15 is 0 Å². The van der Waals surface area contributed by atoms with Crippen LogP contribution in [0.2, 0.25) is 0 Å². The van der Waals surface area contributed by atoms with Gasteiger partial charge >= 0.3 is 0 Å². The van der Waals surface area contributed by atoms with Crippen molar-refractivity contribution in [3.63, 3.8) is 0 Å². The van der Waals surface area contributed by atoms with Gasteiger partial charge in [0.05, 0.1) is 11.7 Å². The number of aromatic amines is 1. The number of carbonyl (C=O) groups excluding carboxylic acids is 3. The van der Waals surface area contributed by atoms with Gasteiger partial charge in [0.25, 0.3) is 17.7 Å². The number of H-pyrrole nitrogens is 1. The molecule has 0 aliphatic carbocycles. The highest BCUT2D eigenvalue weighted by molar-refractivity contribution is 6.05. The molecule has 44 heavy (non-hydrogen) atoms. The molecule has 2 aromatic heterocycles. The van der Waals surface area contributed by atoms with Crippen LogP contribution >= 0.6 is 0 Å². The van der Waals surface area contributed by atoms with Gasteiger partial charge in [-0.05, 0) is 55.3 Å². The van der Waals surface area contributed by atoms with Crippen molar-refractivity contribution in [2.75, 3.05) is 0 Å². The summed E-state index contributed by atoms with van der Waals surface area (Å²) in [7, 11) is 2.03. The van der Waals surface area contributed by atoms with E-state index in [1.807, 2.05) is 86.8 Å². The maximum Gasteiger partial charge on any atom is 0.286 e. The zero-order chi connectivity index (χ0) is 30.5. The third-order valence-corrected chi connectivity index (χ3v) is 8.58. The molecule has 8 heteroatoms. The summed E-state index contributed by atoms with van der Waals surface area (Å²) in [6.07, 6.45) is 0. The molecule has 0 saturated heterocycles. The Morgan fingerprint density at radius 3 is 2.41 bits per heavy atom. The van der Waals surface area contributed by atoms with Crippen LogP contribution in [0, 0.1) is 6.92 Å². The van der Waals surface area contributed by atoms with Crippen LogP contribution in [0.3, 0.4) is 0 Å². The Morgan fingerprint density at radius 2 is 1.59 bits per heavy atom. The second-order valence-electron chi connectivity index (χ2n) is 11.3. The molecule has 4 aromatic carbocycles. The van der Waals surface area contributed by atoms with Crippen molar-refractivity contribution in [1.82, 2.24) is 25.3 Å². The first-order valence-corrected chi connectivity index (χ1v) is 14.6. The largest absolute Gasteiger partial charge is 0.350 e. The average Bonchev–Trinajstić information content (AvgIpc) is 3.69. The van der Waals surface area contributed by atoms with E-state index in [1.54, 1.807) is 17.9 Å². The van der Waals surface area contributed by atoms with Crippen molar-refractivity contribution in [3.8, 4) is 11.3 Å². The van der Waals surface area contributed by atoms with Crippen molar-refractivity contribution in [2.45, 2.75) is 25.9 Å². The van der Waals surface area contributed by atoms with Crippen LogP contribution < -0.4 is 10.9 Å². The van der Waals surface area contributed by atoms with E-state index in [1.165, 1.54) is 0 Å². The van der Waals surface area contributed by atoms with Gasteiger partial charge in [-0.1, -0.05) is 78.4 Å². The second kappa shape index (κ2) is 10.6. The van der Waals surface area contributed by atoms with Gasteiger partial charge in [0.2, 0.25) is 0 Å². The number of hydrazine groups is 1. The van der Waals surface area contributed by atoms with E-state index < -0.39 is 23.9 Å². The molecule has 0 spiro atoms. The zero-order valence-electron chi connectivity index (χ0n) is 24.6. The number of carbonyl (C=O) groups is 3. The number of rotatable bonds is 5. The Hall–Kier alpha value is -5.63. The van der Waals surface area contributed by atoms with Gasteiger partial charge in [0.1, 0.15) is 11.7 Å². The fraction of sp³-hybridized carbons (Fsp3) is 0.139. The summed E-state index contributed by atoms with van der Waals surface area (Å²) in [5.74, 6) is -1.22. The van der Waals surface area contributed by atoms with Crippen LogP contribution in [0.4, 0.5) is 0 Å². The molecule has 3 heterocycles. The third-order valence-electron chi connectivity index (χ3n) is 8.58. The second-order valence-corrected chi connectivity index (χ2v) is 11.3. The number of amides is 3. The van der Waals surface area contributed by atoms with E-state index in [4.69, 9.17) is 0 Å². The zero-order valence-corrected chi connectivity index (χ0v) is 24.6. The van der Waals surface area contributed by atoms with Crippen molar-refractivity contribution >= 4 is 39.5 Å². The Balaban J connectivity index is 1.26. The lowest BCUT2D eigenvalue weighted by molar-refractivity contribution is -0.126. The summed E-state index contributed by atoms with van der Waals surface area (Å²) in [4.78, 5) is 45.4. The number of nitrogens with one attached hydrogen (secondary N) is 3. The number of benzene rings is 4. The standard InChI is InChI=1S/C36H31N5O3/c1-21-17-18-28-24(19-21)20-29(37-28)35(43)39-38-34(42)22(2)41-33(25-13-7-8-14-26(25)36(41)44)31-27-15-9-10-16-30(27)40(3)32(31)23-11-5-4-6-12-23/h4-20,22,33,37H,1-3H3,(H,38,42)(H,39,43). The van der Waals surface area contributed by atoms with E-state index in [0.717, 1.165) is 49.8 Å². The number of nitrogens with zero attached hydrogens (tertiary/aromatic N) is 2. The lowest BCUT2D eigenvalue weighted by Crippen LogP contribution is -2.52. The summed E-state index contributed by atoms with van der Waals surface area (Å²) in [6, 6.07) is 31.9. The molecule has 0 saturated carbocycles. The Kier molecular flexibility index (Phi) is 6.54. The molecule has 1 aliphatic heterocycles. The highest BCUT2D eigenvalue weighted by Gasteiger charge is 2.44.